The van der Waals surface area contributed by atoms with Gasteiger partial charge in [0.15, 0.2) is 0 Å². The lowest BCUT2D eigenvalue weighted by molar-refractivity contribution is -0.604. The van der Waals surface area contributed by atoms with Crippen molar-refractivity contribution < 1.29 is 19.2 Å². The summed E-state index contributed by atoms with van der Waals surface area (Å²) in [5, 5.41) is 21.2. The highest BCUT2D eigenvalue weighted by Crippen LogP contribution is 2.37. The Morgan fingerprint density at radius 3 is 1.46 bits per heavy atom. The molecule has 2 N–H and O–H groups in total. The first-order valence-electron chi connectivity index (χ1n) is 20.8. The first kappa shape index (κ1) is 43.7. The molecular formula is C47H76FN2O2+. The third-order valence-corrected chi connectivity index (χ3v) is 11.9. The van der Waals surface area contributed by atoms with E-state index in [0.29, 0.717) is 53.3 Å². The maximum Gasteiger partial charge on any atom is 0.464 e. The number of nitrogens with zero attached hydrogens (tertiary/aromatic N) is 2. The lowest BCUT2D eigenvalue weighted by atomic mass is 9.75. The Balaban J connectivity index is 0.000000269. The summed E-state index contributed by atoms with van der Waals surface area (Å²) < 4.78 is 17.3. The van der Waals surface area contributed by atoms with Crippen molar-refractivity contribution in [2.45, 2.75) is 171 Å². The van der Waals surface area contributed by atoms with Gasteiger partial charge >= 0.3 is 6.01 Å². The van der Waals surface area contributed by atoms with E-state index in [0.717, 1.165) is 36.6 Å². The lowest BCUT2D eigenvalue weighted by Gasteiger charge is -2.33. The molecule has 0 amide bonds. The second-order valence-electron chi connectivity index (χ2n) is 18.3. The van der Waals surface area contributed by atoms with Gasteiger partial charge in [-0.25, -0.2) is 4.39 Å². The number of benzene rings is 2. The fourth-order valence-corrected chi connectivity index (χ4v) is 8.55. The Morgan fingerprint density at radius 2 is 1.06 bits per heavy atom. The molecule has 0 radical (unpaired) electrons. The van der Waals surface area contributed by atoms with Crippen LogP contribution in [-0.4, -0.2) is 27.1 Å². The van der Waals surface area contributed by atoms with Crippen molar-refractivity contribution in [3.63, 3.8) is 0 Å². The van der Waals surface area contributed by atoms with E-state index in [1.54, 1.807) is 0 Å². The molecule has 6 atom stereocenters. The number of aliphatic hydroxyl groups is 1. The lowest BCUT2D eigenvalue weighted by Crippen LogP contribution is -2.32. The molecule has 0 bridgehead atoms. The maximum absolute atomic E-state index is 13.3. The number of aliphatic hydroxyl groups excluding tert-OH is 1. The standard InChI is InChI=1S/C27H36N2O.C10H19F.C10H20O/c1-17(2)21-11-9-12-22(18(3)4)25(21)28-15-16-29(27(28)30)26-23(19(5)6)13-10-14-24(26)20(7)8;2*1-7(2)9-5-4-8(3)6-10(9)11/h9-20H,1-8H3;7-10H,4-6H2,1-3H3;7-11H,4-6H2,1-3H3/p+1/i;11-1;. The van der Waals surface area contributed by atoms with E-state index in [2.05, 4.69) is 133 Å². The monoisotopic (exact) mass is 719 g/mol. The quantitative estimate of drug-likeness (QED) is 0.228. The minimum Gasteiger partial charge on any atom is -0.446 e. The molecule has 2 saturated carbocycles. The van der Waals surface area contributed by atoms with Crippen molar-refractivity contribution in [1.29, 1.82) is 0 Å². The zero-order valence-corrected chi connectivity index (χ0v) is 35.5. The van der Waals surface area contributed by atoms with E-state index in [-0.39, 0.29) is 12.1 Å². The highest BCUT2D eigenvalue weighted by Gasteiger charge is 2.32. The van der Waals surface area contributed by atoms with E-state index in [4.69, 9.17) is 0 Å². The molecule has 0 aliphatic heterocycles. The van der Waals surface area contributed by atoms with Crippen LogP contribution in [0.2, 0.25) is 0 Å². The number of aromatic hydroxyl groups is 1. The SMILES string of the molecule is CC(C)c1cccc(C(C)C)c1-n1cc[n+](-c2c(C(C)C)cccc2C(C)C)c1O.CC1CCC(C(C)C)C(O)C1.CC1CCC(C(C)C)C([18F])C1. The van der Waals surface area contributed by atoms with Crippen LogP contribution in [0.3, 0.4) is 0 Å². The molecule has 1 aromatic heterocycles. The van der Waals surface area contributed by atoms with Gasteiger partial charge < -0.3 is 10.2 Å². The first-order chi connectivity index (χ1) is 24.4. The summed E-state index contributed by atoms with van der Waals surface area (Å²) in [4.78, 5) is 0. The largest absolute Gasteiger partial charge is 0.464 e. The average molecular weight is 719 g/mol. The zero-order valence-electron chi connectivity index (χ0n) is 35.5. The van der Waals surface area contributed by atoms with Crippen molar-refractivity contribution in [2.75, 3.05) is 0 Å². The molecule has 2 aliphatic carbocycles. The summed E-state index contributed by atoms with van der Waals surface area (Å²) in [7, 11) is 0. The third-order valence-electron chi connectivity index (χ3n) is 11.9. The van der Waals surface area contributed by atoms with E-state index >= 15 is 0 Å². The van der Waals surface area contributed by atoms with Crippen molar-refractivity contribution >= 4 is 0 Å². The second-order valence-corrected chi connectivity index (χ2v) is 18.3. The predicted molar refractivity (Wildman–Crippen MR) is 219 cm³/mol. The topological polar surface area (TPSA) is 49.3 Å². The molecule has 2 aliphatic rings. The summed E-state index contributed by atoms with van der Waals surface area (Å²) in [6.45, 7) is 30.8. The van der Waals surface area contributed by atoms with Gasteiger partial charge in [0.1, 0.15) is 29.9 Å². The third kappa shape index (κ3) is 11.0. The summed E-state index contributed by atoms with van der Waals surface area (Å²) in [5.41, 5.74) is 7.21. The van der Waals surface area contributed by atoms with E-state index < -0.39 is 6.17 Å². The molecule has 1 heterocycles. The van der Waals surface area contributed by atoms with Crippen LogP contribution in [0.15, 0.2) is 48.8 Å². The molecule has 0 spiro atoms. The van der Waals surface area contributed by atoms with Crippen molar-refractivity contribution in [3.05, 3.63) is 71.0 Å². The minimum atomic E-state index is -0.529. The molecule has 52 heavy (non-hydrogen) atoms. The zero-order chi connectivity index (χ0) is 39.0. The van der Waals surface area contributed by atoms with Crippen molar-refractivity contribution in [3.8, 4) is 17.4 Å². The first-order valence-corrected chi connectivity index (χ1v) is 20.8. The Labute approximate surface area is 318 Å². The van der Waals surface area contributed by atoms with Crippen LogP contribution >= 0.6 is 0 Å². The average Bonchev–Trinajstić information content (AvgIpc) is 3.44. The van der Waals surface area contributed by atoms with Gasteiger partial charge in [0.2, 0.25) is 0 Å². The van der Waals surface area contributed by atoms with Crippen LogP contribution in [0.4, 0.5) is 4.39 Å². The predicted octanol–water partition coefficient (Wildman–Crippen LogP) is 12.8. The number of imidazole rings is 1. The molecule has 2 aromatic carbocycles. The molecule has 5 heteroatoms. The van der Waals surface area contributed by atoms with Crippen LogP contribution in [0, 0.1) is 35.5 Å². The van der Waals surface area contributed by atoms with Gasteiger partial charge in [0, 0.05) is 22.3 Å². The minimum absolute atomic E-state index is 0.0289. The molecule has 2 fully saturated rings. The van der Waals surface area contributed by atoms with Crippen molar-refractivity contribution in [1.82, 2.24) is 4.57 Å². The second kappa shape index (κ2) is 19.6. The number of hydrogen-bond acceptors (Lipinski definition) is 2. The number of hydrogen-bond donors (Lipinski definition) is 2. The molecule has 4 nitrogen and oxygen atoms in total. The number of rotatable bonds is 8. The number of alkyl halides is 1. The number of aromatic nitrogens is 2. The van der Waals surface area contributed by atoms with Gasteiger partial charge in [0.05, 0.1) is 6.10 Å². The Bertz CT molecular complexity index is 1360. The van der Waals surface area contributed by atoms with Gasteiger partial charge in [-0.15, -0.1) is 0 Å². The highest BCUT2D eigenvalue weighted by atomic mass is 18.2. The smallest absolute Gasteiger partial charge is 0.446 e. The van der Waals surface area contributed by atoms with Crippen LogP contribution < -0.4 is 4.57 Å². The van der Waals surface area contributed by atoms with Crippen molar-refractivity contribution in [2.24, 2.45) is 35.5 Å². The fourth-order valence-electron chi connectivity index (χ4n) is 8.55. The van der Waals surface area contributed by atoms with Gasteiger partial charge in [-0.3, -0.25) is 0 Å². The van der Waals surface area contributed by atoms with Gasteiger partial charge in [-0.05, 0) is 84.9 Å². The fraction of sp³-hybridized carbons (Fsp3) is 0.681. The maximum atomic E-state index is 13.3. The van der Waals surface area contributed by atoms with Crippen LogP contribution in [0.5, 0.6) is 6.01 Å². The molecule has 6 unspecified atom stereocenters. The number of halogens is 1. The normalized spacial score (nSPS) is 23.7. The van der Waals surface area contributed by atoms with Crippen LogP contribution in [-0.2, 0) is 0 Å². The Hall–Kier alpha value is -2.66. The molecule has 0 saturated heterocycles. The molecule has 292 valence electrons. The van der Waals surface area contributed by atoms with Crippen LogP contribution in [0.25, 0.3) is 11.4 Å². The number of para-hydroxylation sites is 2. The Kier molecular flexibility index (Phi) is 16.5. The molecule has 5 rings (SSSR count). The molecule has 3 aromatic rings. The summed E-state index contributed by atoms with van der Waals surface area (Å²) in [5.74, 6) is 4.88. The van der Waals surface area contributed by atoms with Gasteiger partial charge in [-0.1, -0.05) is 146 Å². The molecular weight excluding hydrogens is 643 g/mol. The summed E-state index contributed by atoms with van der Waals surface area (Å²) in [6.07, 6.45) is 10.1. The summed E-state index contributed by atoms with van der Waals surface area (Å²) >= 11 is 0. The van der Waals surface area contributed by atoms with E-state index in [1.165, 1.54) is 41.5 Å². The van der Waals surface area contributed by atoms with Gasteiger partial charge in [-0.2, -0.15) is 9.13 Å². The highest BCUT2D eigenvalue weighted by molar-refractivity contribution is 5.53. The summed E-state index contributed by atoms with van der Waals surface area (Å²) in [6, 6.07) is 13.2. The van der Waals surface area contributed by atoms with Gasteiger partial charge in [0.25, 0.3) is 0 Å². The Morgan fingerprint density at radius 1 is 0.635 bits per heavy atom. The van der Waals surface area contributed by atoms with E-state index in [9.17, 15) is 14.6 Å². The van der Waals surface area contributed by atoms with E-state index in [1.807, 2.05) is 21.5 Å². The van der Waals surface area contributed by atoms with Crippen LogP contribution in [0.1, 0.15) is 181 Å².